The van der Waals surface area contributed by atoms with E-state index in [9.17, 15) is 9.18 Å². The number of amides is 1. The molecule has 0 aliphatic heterocycles. The normalized spacial score (nSPS) is 11.7. The van der Waals surface area contributed by atoms with E-state index in [0.29, 0.717) is 35.1 Å². The molecule has 0 saturated carbocycles. The number of nitrogens with one attached hydrogen (secondary N) is 2. The Hall–Kier alpha value is -4.65. The molecule has 12 nitrogen and oxygen atoms in total. The number of nitrogens with two attached hydrogens (primary N) is 1. The number of rotatable bonds is 10. The van der Waals surface area contributed by atoms with Crippen LogP contribution in [0.15, 0.2) is 47.1 Å². The van der Waals surface area contributed by atoms with Gasteiger partial charge in [0.1, 0.15) is 29.5 Å². The molecule has 0 aliphatic carbocycles. The predicted octanol–water partition coefficient (Wildman–Crippen LogP) is 2.55. The Morgan fingerprint density at radius 1 is 1.11 bits per heavy atom. The fourth-order valence-electron chi connectivity index (χ4n) is 3.34. The van der Waals surface area contributed by atoms with Gasteiger partial charge in [0.2, 0.25) is 17.7 Å². The van der Waals surface area contributed by atoms with E-state index >= 15 is 0 Å². The Bertz CT molecular complexity index is 1380. The van der Waals surface area contributed by atoms with Crippen LogP contribution in [0.25, 0.3) is 34.3 Å². The molecule has 1 amide bonds. The van der Waals surface area contributed by atoms with Crippen molar-refractivity contribution in [3.63, 3.8) is 0 Å². The Morgan fingerprint density at radius 2 is 1.89 bits per heavy atom. The van der Waals surface area contributed by atoms with Gasteiger partial charge in [-0.25, -0.2) is 29.3 Å². The van der Waals surface area contributed by atoms with E-state index in [1.54, 1.807) is 24.4 Å². The van der Waals surface area contributed by atoms with Crippen LogP contribution in [0.3, 0.4) is 0 Å². The highest BCUT2D eigenvalue weighted by Crippen LogP contribution is 2.35. The minimum absolute atomic E-state index is 0.0280. The summed E-state index contributed by atoms with van der Waals surface area (Å²) < 4.78 is 29.6. The zero-order valence-corrected chi connectivity index (χ0v) is 20.4. The number of hydrogen-bond donors (Lipinski definition) is 3. The summed E-state index contributed by atoms with van der Waals surface area (Å²) >= 11 is 0. The van der Waals surface area contributed by atoms with E-state index in [-0.39, 0.29) is 47.7 Å². The maximum absolute atomic E-state index is 13.5. The van der Waals surface area contributed by atoms with Crippen molar-refractivity contribution in [3.05, 3.63) is 48.5 Å². The molecule has 37 heavy (non-hydrogen) atoms. The van der Waals surface area contributed by atoms with Crippen LogP contribution in [0.1, 0.15) is 6.92 Å². The fourth-order valence-corrected chi connectivity index (χ4v) is 3.34. The van der Waals surface area contributed by atoms with Crippen LogP contribution >= 0.6 is 0 Å². The minimum Gasteiger partial charge on any atom is -0.478 e. The van der Waals surface area contributed by atoms with Crippen molar-refractivity contribution >= 4 is 17.7 Å². The molecule has 1 unspecified atom stereocenters. The van der Waals surface area contributed by atoms with Gasteiger partial charge >= 0.3 is 0 Å². The number of carbonyl (C=O) groups excluding carboxylic acids is 1. The highest BCUT2D eigenvalue weighted by Gasteiger charge is 2.22. The topological polar surface area (TPSA) is 163 Å². The van der Waals surface area contributed by atoms with Crippen LogP contribution in [-0.4, -0.2) is 64.2 Å². The van der Waals surface area contributed by atoms with Crippen LogP contribution in [0.4, 0.5) is 16.2 Å². The van der Waals surface area contributed by atoms with Gasteiger partial charge in [-0.2, -0.15) is 0 Å². The lowest BCUT2D eigenvalue weighted by atomic mass is 10.2. The maximum Gasteiger partial charge on any atom is 0.257 e. The quantitative estimate of drug-likeness (QED) is 0.288. The molecule has 1 aromatic carbocycles. The number of halogens is 1. The number of anilines is 2. The van der Waals surface area contributed by atoms with E-state index in [0.717, 1.165) is 0 Å². The van der Waals surface area contributed by atoms with Gasteiger partial charge in [0, 0.05) is 31.5 Å². The molecule has 192 valence electrons. The smallest absolute Gasteiger partial charge is 0.257 e. The number of oxazole rings is 1. The highest BCUT2D eigenvalue weighted by molar-refractivity contribution is 5.77. The molecule has 0 bridgehead atoms. The number of carbonyl (C=O) groups is 1. The second kappa shape index (κ2) is 11.4. The molecule has 3 aromatic heterocycles. The van der Waals surface area contributed by atoms with E-state index in [1.807, 2.05) is 6.92 Å². The highest BCUT2D eigenvalue weighted by atomic mass is 19.1. The van der Waals surface area contributed by atoms with Gasteiger partial charge in [0.25, 0.3) is 5.88 Å². The predicted molar refractivity (Wildman–Crippen MR) is 133 cm³/mol. The lowest BCUT2D eigenvalue weighted by Gasteiger charge is -2.14. The Morgan fingerprint density at radius 3 is 2.62 bits per heavy atom. The average molecular weight is 509 g/mol. The van der Waals surface area contributed by atoms with Crippen LogP contribution in [0.5, 0.6) is 5.88 Å². The summed E-state index contributed by atoms with van der Waals surface area (Å²) in [6, 6.07) is 7.16. The van der Waals surface area contributed by atoms with E-state index in [2.05, 4.69) is 35.6 Å². The molecule has 4 N–H and O–H groups in total. The largest absolute Gasteiger partial charge is 0.478 e. The molecule has 3 heterocycles. The van der Waals surface area contributed by atoms with Crippen molar-refractivity contribution in [2.75, 3.05) is 38.4 Å². The zero-order chi connectivity index (χ0) is 26.4. The number of benzene rings is 1. The van der Waals surface area contributed by atoms with Gasteiger partial charge in [-0.3, -0.25) is 4.79 Å². The van der Waals surface area contributed by atoms with Crippen molar-refractivity contribution in [1.29, 1.82) is 0 Å². The molecule has 0 fully saturated rings. The molecular weight excluding hydrogens is 483 g/mol. The first-order chi connectivity index (χ1) is 17.9. The van der Waals surface area contributed by atoms with Crippen LogP contribution < -0.4 is 21.1 Å². The Kier molecular flexibility index (Phi) is 7.83. The Labute approximate surface area is 211 Å². The van der Waals surface area contributed by atoms with Gasteiger partial charge in [0.05, 0.1) is 13.3 Å². The number of methoxy groups -OCH3 is 2. The number of nitrogen functional groups attached to an aromatic ring is 1. The number of ether oxygens (including phenoxy) is 2. The van der Waals surface area contributed by atoms with Gasteiger partial charge in [-0.1, -0.05) is 0 Å². The maximum atomic E-state index is 13.5. The molecule has 0 radical (unpaired) electrons. The third kappa shape index (κ3) is 6.13. The van der Waals surface area contributed by atoms with Crippen molar-refractivity contribution < 1.29 is 23.1 Å². The first-order valence-electron chi connectivity index (χ1n) is 11.2. The third-order valence-electron chi connectivity index (χ3n) is 5.06. The molecule has 0 spiro atoms. The molecule has 4 aromatic rings. The van der Waals surface area contributed by atoms with Gasteiger partial charge in [0.15, 0.2) is 11.6 Å². The first kappa shape index (κ1) is 25.4. The summed E-state index contributed by atoms with van der Waals surface area (Å²) in [5.41, 5.74) is 7.44. The van der Waals surface area contributed by atoms with Crippen LogP contribution in [0, 0.1) is 5.82 Å². The van der Waals surface area contributed by atoms with Crippen molar-refractivity contribution in [3.8, 4) is 40.2 Å². The zero-order valence-electron chi connectivity index (χ0n) is 20.4. The summed E-state index contributed by atoms with van der Waals surface area (Å²) in [7, 11) is 2.88. The van der Waals surface area contributed by atoms with Crippen LogP contribution in [0.2, 0.25) is 0 Å². The summed E-state index contributed by atoms with van der Waals surface area (Å²) in [5.74, 6) is 0.448. The molecular formula is C24H25FN8O4. The summed E-state index contributed by atoms with van der Waals surface area (Å²) in [4.78, 5) is 33.6. The number of hydrogen-bond acceptors (Lipinski definition) is 11. The monoisotopic (exact) mass is 508 g/mol. The molecule has 1 atom stereocenters. The lowest BCUT2D eigenvalue weighted by Crippen LogP contribution is -2.39. The lowest BCUT2D eigenvalue weighted by molar-refractivity contribution is -0.125. The van der Waals surface area contributed by atoms with Crippen molar-refractivity contribution in [2.24, 2.45) is 0 Å². The van der Waals surface area contributed by atoms with Gasteiger partial charge in [-0.15, -0.1) is 0 Å². The molecule has 0 saturated heterocycles. The third-order valence-corrected chi connectivity index (χ3v) is 5.06. The Balaban J connectivity index is 1.68. The van der Waals surface area contributed by atoms with E-state index < -0.39 is 0 Å². The van der Waals surface area contributed by atoms with Crippen LogP contribution in [-0.2, 0) is 9.53 Å². The standard InChI is InChI=1S/C24H25FN8O4/c1-13(30-18(34)12-35-2)10-29-24-27-9-8-16(32-24)20-19(17-11-28-21(26)23(31-17)36-3)33-22(37-20)14-4-6-15(25)7-5-14/h4-9,11,13H,10,12H2,1-3H3,(H2,26,28)(H,30,34)(H,27,29,32). The van der Waals surface area contributed by atoms with Crippen molar-refractivity contribution in [1.82, 2.24) is 30.2 Å². The van der Waals surface area contributed by atoms with E-state index in [1.165, 1.54) is 32.5 Å². The SMILES string of the molecule is COCC(=O)NC(C)CNc1nccc(-c2oc(-c3ccc(F)cc3)nc2-c2cnc(N)c(OC)n2)n1. The second-order valence-electron chi connectivity index (χ2n) is 7.90. The number of nitrogens with zero attached hydrogens (tertiary/aromatic N) is 5. The fraction of sp³-hybridized carbons (Fsp3) is 0.250. The second-order valence-corrected chi connectivity index (χ2v) is 7.90. The summed E-state index contributed by atoms with van der Waals surface area (Å²) in [5, 5.41) is 5.88. The average Bonchev–Trinajstić information content (AvgIpc) is 3.34. The molecule has 4 rings (SSSR count). The van der Waals surface area contributed by atoms with Crippen molar-refractivity contribution in [2.45, 2.75) is 13.0 Å². The minimum atomic E-state index is -0.385. The number of aromatic nitrogens is 5. The molecule has 13 heteroatoms. The van der Waals surface area contributed by atoms with E-state index in [4.69, 9.17) is 19.6 Å². The van der Waals surface area contributed by atoms with Gasteiger partial charge in [-0.05, 0) is 37.3 Å². The summed E-state index contributed by atoms with van der Waals surface area (Å²) in [6.45, 7) is 2.17. The van der Waals surface area contributed by atoms with Gasteiger partial charge < -0.3 is 30.3 Å². The molecule has 0 aliphatic rings. The first-order valence-corrected chi connectivity index (χ1v) is 11.2. The summed E-state index contributed by atoms with van der Waals surface area (Å²) in [6.07, 6.45) is 3.00.